The minimum Gasteiger partial charge on any atom is -0.348 e. The number of amides is 1. The van der Waals surface area contributed by atoms with Gasteiger partial charge in [-0.25, -0.2) is 9.37 Å². The van der Waals surface area contributed by atoms with Crippen molar-refractivity contribution >= 4 is 16.9 Å². The van der Waals surface area contributed by atoms with E-state index in [1.165, 1.54) is 18.5 Å². The van der Waals surface area contributed by atoms with Crippen molar-refractivity contribution in [2.24, 2.45) is 11.7 Å². The van der Waals surface area contributed by atoms with E-state index >= 15 is 0 Å². The second kappa shape index (κ2) is 4.62. The smallest absolute Gasteiger partial charge is 0.253 e. The first-order valence-corrected chi connectivity index (χ1v) is 6.32. The molecule has 0 saturated heterocycles. The summed E-state index contributed by atoms with van der Waals surface area (Å²) in [4.78, 5) is 19.1. The van der Waals surface area contributed by atoms with Gasteiger partial charge in [0.1, 0.15) is 11.3 Å². The summed E-state index contributed by atoms with van der Waals surface area (Å²) in [6.07, 6.45) is 3.62. The highest BCUT2D eigenvalue weighted by molar-refractivity contribution is 6.04. The fraction of sp³-hybridized carbons (Fsp3) is 0.385. The number of hydrogen-bond acceptors (Lipinski definition) is 3. The fourth-order valence-electron chi connectivity index (χ4n) is 2.30. The summed E-state index contributed by atoms with van der Waals surface area (Å²) in [6.45, 7) is 0.398. The average molecular weight is 262 g/mol. The zero-order valence-electron chi connectivity index (χ0n) is 10.3. The molecule has 19 heavy (non-hydrogen) atoms. The Kier molecular flexibility index (Phi) is 2.94. The second-order valence-corrected chi connectivity index (χ2v) is 4.91. The molecule has 1 fully saturated rings. The highest BCUT2D eigenvalue weighted by Crippen LogP contribution is 2.32. The van der Waals surface area contributed by atoms with Crippen LogP contribution in [0, 0.1) is 11.7 Å². The van der Waals surface area contributed by atoms with Crippen LogP contribution in [0.4, 0.5) is 4.39 Å². The lowest BCUT2D eigenvalue weighted by Crippen LogP contribution is -2.41. The summed E-state index contributed by atoms with van der Waals surface area (Å²) in [7, 11) is 0. The molecular weight excluding hydrogens is 247 g/mol. The van der Waals surface area contributed by atoms with Gasteiger partial charge in [-0.05, 0) is 30.9 Å². The zero-order valence-corrected chi connectivity index (χ0v) is 10.3. The summed E-state index contributed by atoms with van der Waals surface area (Å²) in [5.41, 5.74) is 6.89. The molecule has 1 amide bonds. The standard InChI is InChI=1S/C13H15FN4O/c14-8-3-9(12-10(4-8)16-6-17-12)13(19)18-11(5-15)7-1-2-7/h3-4,6-7,11H,1-2,5,15H2,(H,16,17)(H,18,19). The van der Waals surface area contributed by atoms with E-state index in [1.807, 2.05) is 0 Å². The van der Waals surface area contributed by atoms with E-state index in [1.54, 1.807) is 0 Å². The van der Waals surface area contributed by atoms with Crippen LogP contribution in [-0.2, 0) is 0 Å². The predicted molar refractivity (Wildman–Crippen MR) is 69.1 cm³/mol. The van der Waals surface area contributed by atoms with Crippen molar-refractivity contribution in [3.8, 4) is 0 Å². The Morgan fingerprint density at radius 1 is 1.58 bits per heavy atom. The number of nitrogens with zero attached hydrogens (tertiary/aromatic N) is 1. The van der Waals surface area contributed by atoms with Gasteiger partial charge in [-0.3, -0.25) is 4.79 Å². The van der Waals surface area contributed by atoms with Crippen molar-refractivity contribution < 1.29 is 9.18 Å². The van der Waals surface area contributed by atoms with E-state index in [9.17, 15) is 9.18 Å². The first kappa shape index (κ1) is 12.1. The number of nitrogens with two attached hydrogens (primary N) is 1. The molecule has 1 heterocycles. The van der Waals surface area contributed by atoms with E-state index in [-0.39, 0.29) is 17.5 Å². The predicted octanol–water partition coefficient (Wildman–Crippen LogP) is 1.17. The largest absolute Gasteiger partial charge is 0.348 e. The van der Waals surface area contributed by atoms with Crippen LogP contribution in [0.1, 0.15) is 23.2 Å². The molecule has 1 aliphatic carbocycles. The minimum atomic E-state index is -0.461. The van der Waals surface area contributed by atoms with E-state index in [4.69, 9.17) is 5.73 Å². The molecule has 1 aromatic heterocycles. The summed E-state index contributed by atoms with van der Waals surface area (Å²) in [5, 5.41) is 2.87. The van der Waals surface area contributed by atoms with Crippen LogP contribution >= 0.6 is 0 Å². The Labute approximate surface area is 109 Å². The van der Waals surface area contributed by atoms with Crippen LogP contribution in [0.15, 0.2) is 18.5 Å². The topological polar surface area (TPSA) is 83.8 Å². The van der Waals surface area contributed by atoms with E-state index in [0.29, 0.717) is 23.5 Å². The molecule has 1 aromatic carbocycles. The van der Waals surface area contributed by atoms with Gasteiger partial charge in [-0.2, -0.15) is 0 Å². The molecule has 0 radical (unpaired) electrons. The summed E-state index contributed by atoms with van der Waals surface area (Å²) < 4.78 is 13.5. The van der Waals surface area contributed by atoms with Gasteiger partial charge in [0, 0.05) is 12.6 Å². The third kappa shape index (κ3) is 2.31. The summed E-state index contributed by atoms with van der Waals surface area (Å²) >= 11 is 0. The van der Waals surface area contributed by atoms with Crippen molar-refractivity contribution in [1.29, 1.82) is 0 Å². The molecule has 6 heteroatoms. The molecule has 4 N–H and O–H groups in total. The molecule has 3 rings (SSSR count). The minimum absolute atomic E-state index is 0.0373. The average Bonchev–Trinajstić information content (AvgIpc) is 3.13. The number of nitrogens with one attached hydrogen (secondary N) is 2. The molecule has 1 unspecified atom stereocenters. The first-order chi connectivity index (χ1) is 9.19. The molecule has 5 nitrogen and oxygen atoms in total. The molecular formula is C13H15FN4O. The number of rotatable bonds is 4. The zero-order chi connectivity index (χ0) is 13.4. The maximum absolute atomic E-state index is 13.5. The third-order valence-electron chi connectivity index (χ3n) is 3.49. The molecule has 0 bridgehead atoms. The lowest BCUT2D eigenvalue weighted by molar-refractivity contribution is 0.0934. The molecule has 2 aromatic rings. The molecule has 0 aliphatic heterocycles. The number of hydrogen-bond donors (Lipinski definition) is 3. The fourth-order valence-corrected chi connectivity index (χ4v) is 2.30. The van der Waals surface area contributed by atoms with Crippen molar-refractivity contribution in [1.82, 2.24) is 15.3 Å². The van der Waals surface area contributed by atoms with Crippen molar-refractivity contribution in [3.63, 3.8) is 0 Å². The number of imidazole rings is 1. The molecule has 1 aliphatic rings. The van der Waals surface area contributed by atoms with E-state index in [0.717, 1.165) is 12.8 Å². The summed E-state index contributed by atoms with van der Waals surface area (Å²) in [5.74, 6) is -0.325. The lowest BCUT2D eigenvalue weighted by Gasteiger charge is -2.16. The van der Waals surface area contributed by atoms with E-state index < -0.39 is 5.82 Å². The maximum atomic E-state index is 13.5. The van der Waals surface area contributed by atoms with Gasteiger partial charge in [0.15, 0.2) is 0 Å². The van der Waals surface area contributed by atoms with Crippen molar-refractivity contribution in [2.75, 3.05) is 6.54 Å². The quantitative estimate of drug-likeness (QED) is 0.773. The number of aromatic amines is 1. The highest BCUT2D eigenvalue weighted by Gasteiger charge is 2.31. The van der Waals surface area contributed by atoms with Gasteiger partial charge in [0.2, 0.25) is 0 Å². The van der Waals surface area contributed by atoms with Crippen LogP contribution in [0.25, 0.3) is 11.0 Å². The Balaban J connectivity index is 1.90. The normalized spacial score (nSPS) is 16.5. The maximum Gasteiger partial charge on any atom is 0.253 e. The lowest BCUT2D eigenvalue weighted by atomic mass is 10.1. The Bertz CT molecular complexity index is 620. The first-order valence-electron chi connectivity index (χ1n) is 6.32. The number of carbonyl (C=O) groups excluding carboxylic acids is 1. The van der Waals surface area contributed by atoms with Gasteiger partial charge in [-0.15, -0.1) is 0 Å². The van der Waals surface area contributed by atoms with Gasteiger partial charge in [0.05, 0.1) is 17.4 Å². The van der Waals surface area contributed by atoms with Crippen LogP contribution in [0.2, 0.25) is 0 Å². The van der Waals surface area contributed by atoms with Crippen LogP contribution < -0.4 is 11.1 Å². The van der Waals surface area contributed by atoms with Gasteiger partial charge in [-0.1, -0.05) is 0 Å². The van der Waals surface area contributed by atoms with Crippen molar-refractivity contribution in [2.45, 2.75) is 18.9 Å². The van der Waals surface area contributed by atoms with Crippen LogP contribution in [-0.4, -0.2) is 28.5 Å². The number of aromatic nitrogens is 2. The van der Waals surface area contributed by atoms with Gasteiger partial charge < -0.3 is 16.0 Å². The van der Waals surface area contributed by atoms with E-state index in [2.05, 4.69) is 15.3 Å². The monoisotopic (exact) mass is 262 g/mol. The third-order valence-corrected chi connectivity index (χ3v) is 3.49. The summed E-state index contributed by atoms with van der Waals surface area (Å²) in [6, 6.07) is 2.49. The van der Waals surface area contributed by atoms with Crippen LogP contribution in [0.3, 0.4) is 0 Å². The number of benzene rings is 1. The molecule has 100 valence electrons. The Morgan fingerprint density at radius 2 is 2.37 bits per heavy atom. The number of H-pyrrole nitrogens is 1. The molecule has 1 atom stereocenters. The number of fused-ring (bicyclic) bond motifs is 1. The molecule has 1 saturated carbocycles. The molecule has 0 spiro atoms. The van der Waals surface area contributed by atoms with Crippen LogP contribution in [0.5, 0.6) is 0 Å². The second-order valence-electron chi connectivity index (χ2n) is 4.91. The van der Waals surface area contributed by atoms with Gasteiger partial charge >= 0.3 is 0 Å². The Hall–Kier alpha value is -1.95. The Morgan fingerprint density at radius 3 is 3.05 bits per heavy atom. The number of carbonyl (C=O) groups is 1. The van der Waals surface area contributed by atoms with Gasteiger partial charge in [0.25, 0.3) is 5.91 Å². The number of halogens is 1. The van der Waals surface area contributed by atoms with Crippen molar-refractivity contribution in [3.05, 3.63) is 29.8 Å². The highest BCUT2D eigenvalue weighted by atomic mass is 19.1. The SMILES string of the molecule is NCC(NC(=O)c1cc(F)cc2[nH]cnc12)C1CC1.